The van der Waals surface area contributed by atoms with Gasteiger partial charge in [-0.2, -0.15) is 0 Å². The molecule has 5 rings (SSSR count). The van der Waals surface area contributed by atoms with Gasteiger partial charge in [0.2, 0.25) is 0 Å². The van der Waals surface area contributed by atoms with E-state index in [9.17, 15) is 0 Å². The Balaban J connectivity index is 2.10. The second kappa shape index (κ2) is 3.67. The highest BCUT2D eigenvalue weighted by molar-refractivity contribution is 6.24. The van der Waals surface area contributed by atoms with Crippen LogP contribution in [0, 0.1) is 6.42 Å². The fourth-order valence-corrected chi connectivity index (χ4v) is 3.88. The summed E-state index contributed by atoms with van der Waals surface area (Å²) in [6.45, 7) is 0. The molecule has 0 nitrogen and oxygen atoms in total. The highest BCUT2D eigenvalue weighted by atomic mass is 14.2. The summed E-state index contributed by atoms with van der Waals surface area (Å²) in [7, 11) is 0. The summed E-state index contributed by atoms with van der Waals surface area (Å²) >= 11 is 0. The molecule has 0 saturated carbocycles. The van der Waals surface area contributed by atoms with E-state index in [1.54, 1.807) is 0 Å². The molecule has 20 heavy (non-hydrogen) atoms. The lowest BCUT2D eigenvalue weighted by atomic mass is 9.84. The van der Waals surface area contributed by atoms with Gasteiger partial charge in [0.1, 0.15) is 5.56 Å². The van der Waals surface area contributed by atoms with Crippen molar-refractivity contribution in [2.24, 2.45) is 0 Å². The predicted octanol–water partition coefficient (Wildman–Crippen LogP) is 5.47. The molecule has 0 unspecified atom stereocenters. The molecule has 0 fully saturated rings. The maximum Gasteiger partial charge on any atom is 0.140 e. The van der Waals surface area contributed by atoms with Crippen LogP contribution in [0.4, 0.5) is 0 Å². The summed E-state index contributed by atoms with van der Waals surface area (Å²) in [4.78, 5) is 0. The predicted molar refractivity (Wildman–Crippen MR) is 86.5 cm³/mol. The third-order valence-electron chi connectivity index (χ3n) is 4.77. The van der Waals surface area contributed by atoms with Crippen LogP contribution in [0.15, 0.2) is 48.5 Å². The van der Waals surface area contributed by atoms with Gasteiger partial charge >= 0.3 is 0 Å². The number of fused-ring (bicyclic) bond motifs is 2. The second-order valence-electron chi connectivity index (χ2n) is 5.90. The van der Waals surface area contributed by atoms with Crippen LogP contribution in [-0.2, 0) is 6.42 Å². The first-order valence-electron chi connectivity index (χ1n) is 7.44. The van der Waals surface area contributed by atoms with Gasteiger partial charge in [0.15, 0.2) is 0 Å². The van der Waals surface area contributed by atoms with E-state index < -0.39 is 0 Å². The summed E-state index contributed by atoms with van der Waals surface area (Å²) in [5.41, 5.74) is 3.02. The molecule has 0 atom stereocenters. The SMILES string of the molecule is c1cc2ccc3cc4c(c5ccc(c1)c2c35)[CH+]CCC4. The largest absolute Gasteiger partial charge is 0.140 e. The van der Waals surface area contributed by atoms with Crippen molar-refractivity contribution in [1.82, 2.24) is 0 Å². The first-order chi connectivity index (χ1) is 9.92. The standard InChI is InChI=1S/C20H15/c1-2-7-17-15(4-1)12-16-9-8-13-5-3-6-14-10-11-18(17)20(16)19(13)14/h3,5-12H,1-2,4H2/q+1. The van der Waals surface area contributed by atoms with E-state index in [-0.39, 0.29) is 0 Å². The number of hydrogen-bond donors (Lipinski definition) is 0. The maximum atomic E-state index is 2.44. The van der Waals surface area contributed by atoms with Crippen molar-refractivity contribution in [1.29, 1.82) is 0 Å². The lowest BCUT2D eigenvalue weighted by Crippen LogP contribution is -2.02. The number of hydrogen-bond acceptors (Lipinski definition) is 0. The van der Waals surface area contributed by atoms with Crippen molar-refractivity contribution >= 4 is 32.3 Å². The van der Waals surface area contributed by atoms with Gasteiger partial charge in [0.05, 0.1) is 16.3 Å². The van der Waals surface area contributed by atoms with Gasteiger partial charge in [-0.1, -0.05) is 30.3 Å². The Hall–Kier alpha value is -2.21. The van der Waals surface area contributed by atoms with Crippen molar-refractivity contribution in [3.8, 4) is 0 Å². The average Bonchev–Trinajstić information content (AvgIpc) is 2.52. The van der Waals surface area contributed by atoms with Gasteiger partial charge in [-0.25, -0.2) is 0 Å². The Kier molecular flexibility index (Phi) is 1.94. The molecule has 0 spiro atoms. The number of rotatable bonds is 0. The molecule has 4 aromatic rings. The van der Waals surface area contributed by atoms with Crippen LogP contribution in [0.1, 0.15) is 24.0 Å². The van der Waals surface area contributed by atoms with Crippen LogP contribution >= 0.6 is 0 Å². The highest BCUT2D eigenvalue weighted by Crippen LogP contribution is 2.39. The zero-order valence-corrected chi connectivity index (χ0v) is 11.3. The van der Waals surface area contributed by atoms with Crippen LogP contribution in [0.25, 0.3) is 32.3 Å². The molecule has 0 saturated heterocycles. The maximum absolute atomic E-state index is 2.44. The minimum absolute atomic E-state index is 1.22. The summed E-state index contributed by atoms with van der Waals surface area (Å²) in [6, 6.07) is 18.2. The van der Waals surface area contributed by atoms with Gasteiger partial charge in [-0.3, -0.25) is 0 Å². The van der Waals surface area contributed by atoms with Crippen LogP contribution < -0.4 is 0 Å². The zero-order valence-electron chi connectivity index (χ0n) is 11.3. The summed E-state index contributed by atoms with van der Waals surface area (Å²) in [5, 5.41) is 8.45. The van der Waals surface area contributed by atoms with E-state index in [0.717, 1.165) is 0 Å². The molecule has 4 aromatic carbocycles. The minimum atomic E-state index is 1.22. The molecular weight excluding hydrogens is 240 g/mol. The van der Waals surface area contributed by atoms with E-state index >= 15 is 0 Å². The molecule has 0 heteroatoms. The molecule has 0 radical (unpaired) electrons. The molecule has 94 valence electrons. The third-order valence-corrected chi connectivity index (χ3v) is 4.77. The lowest BCUT2D eigenvalue weighted by Gasteiger charge is -2.14. The van der Waals surface area contributed by atoms with E-state index in [0.29, 0.717) is 0 Å². The molecular formula is C20H15+. The first kappa shape index (κ1) is 10.6. The monoisotopic (exact) mass is 255 g/mol. The van der Waals surface area contributed by atoms with Crippen molar-refractivity contribution in [3.63, 3.8) is 0 Å². The van der Waals surface area contributed by atoms with Crippen molar-refractivity contribution in [2.75, 3.05) is 0 Å². The van der Waals surface area contributed by atoms with Gasteiger partial charge in [0.25, 0.3) is 0 Å². The summed E-state index contributed by atoms with van der Waals surface area (Å²) < 4.78 is 0. The molecule has 1 aliphatic carbocycles. The van der Waals surface area contributed by atoms with Gasteiger partial charge in [-0.15, -0.1) is 0 Å². The van der Waals surface area contributed by atoms with E-state index in [1.165, 1.54) is 62.7 Å². The topological polar surface area (TPSA) is 0 Å². The Morgan fingerprint density at radius 1 is 0.800 bits per heavy atom. The molecule has 0 heterocycles. The minimum Gasteiger partial charge on any atom is -0.0610 e. The zero-order chi connectivity index (χ0) is 13.1. The lowest BCUT2D eigenvalue weighted by molar-refractivity contribution is 0.779. The third kappa shape index (κ3) is 1.24. The molecule has 0 amide bonds. The summed E-state index contributed by atoms with van der Waals surface area (Å²) in [5.74, 6) is 0. The Bertz CT molecular complexity index is 931. The van der Waals surface area contributed by atoms with Crippen molar-refractivity contribution < 1.29 is 0 Å². The second-order valence-corrected chi connectivity index (χ2v) is 5.90. The average molecular weight is 255 g/mol. The molecule has 0 N–H and O–H groups in total. The quantitative estimate of drug-likeness (QED) is 0.288. The highest BCUT2D eigenvalue weighted by Gasteiger charge is 2.23. The van der Waals surface area contributed by atoms with Crippen molar-refractivity contribution in [2.45, 2.75) is 19.3 Å². The van der Waals surface area contributed by atoms with Gasteiger partial charge < -0.3 is 0 Å². The van der Waals surface area contributed by atoms with E-state index in [1.807, 2.05) is 0 Å². The Morgan fingerprint density at radius 3 is 2.50 bits per heavy atom. The first-order valence-corrected chi connectivity index (χ1v) is 7.44. The Morgan fingerprint density at radius 2 is 1.60 bits per heavy atom. The molecule has 1 aliphatic rings. The van der Waals surface area contributed by atoms with E-state index in [4.69, 9.17) is 0 Å². The van der Waals surface area contributed by atoms with Gasteiger partial charge in [-0.05, 0) is 23.3 Å². The fourth-order valence-electron chi connectivity index (χ4n) is 3.88. The summed E-state index contributed by atoms with van der Waals surface area (Å²) in [6.07, 6.45) is 6.17. The van der Waals surface area contributed by atoms with Crippen LogP contribution in [0.3, 0.4) is 0 Å². The fraction of sp³-hybridized carbons (Fsp3) is 0.150. The van der Waals surface area contributed by atoms with E-state index in [2.05, 4.69) is 55.0 Å². The van der Waals surface area contributed by atoms with Crippen molar-refractivity contribution in [3.05, 3.63) is 66.1 Å². The van der Waals surface area contributed by atoms with Crippen LogP contribution in [0.5, 0.6) is 0 Å². The number of benzene rings is 4. The van der Waals surface area contributed by atoms with Crippen LogP contribution in [0.2, 0.25) is 0 Å². The smallest absolute Gasteiger partial charge is 0.0610 e. The normalized spacial score (nSPS) is 14.8. The molecule has 0 aliphatic heterocycles. The molecule has 0 bridgehead atoms. The number of aryl methyl sites for hydroxylation is 1. The van der Waals surface area contributed by atoms with Gasteiger partial charge in [0, 0.05) is 42.2 Å². The molecule has 0 aromatic heterocycles. The van der Waals surface area contributed by atoms with Crippen LogP contribution in [-0.4, -0.2) is 0 Å². The Labute approximate surface area is 118 Å².